The molecule has 27 heavy (non-hydrogen) atoms. The number of hydrogen-bond donors (Lipinski definition) is 0. The molecular weight excluding hydrogens is 336 g/mol. The summed E-state index contributed by atoms with van der Waals surface area (Å²) in [6.07, 6.45) is 4.75. The lowest BCUT2D eigenvalue weighted by molar-refractivity contribution is -0.159. The zero-order valence-electron chi connectivity index (χ0n) is 17.0. The maximum Gasteiger partial charge on any atom is 0.308 e. The van der Waals surface area contributed by atoms with Crippen LogP contribution in [-0.4, -0.2) is 18.2 Å². The van der Waals surface area contributed by atoms with Crippen molar-refractivity contribution < 1.29 is 14.3 Å². The van der Waals surface area contributed by atoms with E-state index < -0.39 is 0 Å². The fourth-order valence-corrected chi connectivity index (χ4v) is 3.76. The van der Waals surface area contributed by atoms with Gasteiger partial charge in [0.2, 0.25) is 0 Å². The van der Waals surface area contributed by atoms with Gasteiger partial charge in [-0.25, -0.2) is 0 Å². The number of carbonyl (C=O) groups excluding carboxylic acids is 1. The van der Waals surface area contributed by atoms with E-state index in [1.165, 1.54) is 16.3 Å². The number of hydrogen-bond acceptors (Lipinski definition) is 3. The molecule has 0 amide bonds. The zero-order chi connectivity index (χ0) is 19.4. The molecule has 2 aromatic rings. The predicted octanol–water partition coefficient (Wildman–Crippen LogP) is 5.99. The van der Waals surface area contributed by atoms with E-state index >= 15 is 0 Å². The van der Waals surface area contributed by atoms with Gasteiger partial charge in [0.05, 0.1) is 17.6 Å². The highest BCUT2D eigenvalue weighted by Gasteiger charge is 2.31. The van der Waals surface area contributed by atoms with Crippen molar-refractivity contribution in [3.8, 4) is 0 Å². The molecule has 0 aliphatic heterocycles. The lowest BCUT2D eigenvalue weighted by Gasteiger charge is -2.35. The Bertz CT molecular complexity index is 772. The van der Waals surface area contributed by atoms with Crippen LogP contribution < -0.4 is 0 Å². The molecule has 1 atom stereocenters. The van der Waals surface area contributed by atoms with Crippen molar-refractivity contribution in [1.82, 2.24) is 0 Å². The molecule has 2 aromatic carbocycles. The molecule has 1 unspecified atom stereocenters. The quantitative estimate of drug-likeness (QED) is 0.587. The molecule has 1 saturated carbocycles. The van der Waals surface area contributed by atoms with Gasteiger partial charge < -0.3 is 9.47 Å². The first-order valence-corrected chi connectivity index (χ1v) is 10.3. The van der Waals surface area contributed by atoms with E-state index in [0.29, 0.717) is 0 Å². The number of fused-ring (bicyclic) bond motifs is 1. The molecule has 0 aromatic heterocycles. The topological polar surface area (TPSA) is 35.5 Å². The van der Waals surface area contributed by atoms with E-state index in [1.54, 1.807) is 0 Å². The van der Waals surface area contributed by atoms with E-state index in [-0.39, 0.29) is 29.7 Å². The van der Waals surface area contributed by atoms with E-state index in [9.17, 15) is 4.79 Å². The third kappa shape index (κ3) is 4.90. The second-order valence-corrected chi connectivity index (χ2v) is 8.33. The summed E-state index contributed by atoms with van der Waals surface area (Å²) in [7, 11) is 0. The molecule has 3 nitrogen and oxygen atoms in total. The van der Waals surface area contributed by atoms with E-state index in [1.807, 2.05) is 13.8 Å². The molecule has 1 aliphatic carbocycles. The summed E-state index contributed by atoms with van der Waals surface area (Å²) in [5, 5.41) is 2.49. The lowest BCUT2D eigenvalue weighted by atomic mass is 9.91. The second-order valence-electron chi connectivity index (χ2n) is 8.33. The monoisotopic (exact) mass is 368 g/mol. The number of benzene rings is 2. The van der Waals surface area contributed by atoms with Crippen molar-refractivity contribution in [3.05, 3.63) is 48.0 Å². The van der Waals surface area contributed by atoms with Crippen molar-refractivity contribution in [2.75, 3.05) is 0 Å². The van der Waals surface area contributed by atoms with Gasteiger partial charge in [0.25, 0.3) is 0 Å². The molecule has 3 rings (SSSR count). The van der Waals surface area contributed by atoms with Crippen LogP contribution in [0.15, 0.2) is 42.5 Å². The van der Waals surface area contributed by atoms with Crippen molar-refractivity contribution in [2.45, 2.75) is 77.6 Å². The van der Waals surface area contributed by atoms with Crippen LogP contribution in [0.1, 0.15) is 65.4 Å². The Kier molecular flexibility index (Phi) is 6.21. The molecule has 0 N–H and O–H groups in total. The number of esters is 1. The lowest BCUT2D eigenvalue weighted by Crippen LogP contribution is -2.34. The maximum atomic E-state index is 12.0. The molecule has 146 valence electrons. The molecule has 1 aliphatic rings. The molecule has 0 spiro atoms. The molecule has 3 heteroatoms. The third-order valence-electron chi connectivity index (χ3n) is 5.82. The van der Waals surface area contributed by atoms with Gasteiger partial charge in [-0.2, -0.15) is 0 Å². The highest BCUT2D eigenvalue weighted by molar-refractivity contribution is 5.83. The molecular formula is C24H32O3. The number of ether oxygens (including phenoxy) is 2. The summed E-state index contributed by atoms with van der Waals surface area (Å²) in [5.74, 6) is -0.0656. The van der Waals surface area contributed by atoms with Gasteiger partial charge in [-0.15, -0.1) is 0 Å². The zero-order valence-corrected chi connectivity index (χ0v) is 17.0. The van der Waals surface area contributed by atoms with Crippen LogP contribution in [-0.2, 0) is 19.9 Å². The second kappa shape index (κ2) is 8.43. The van der Waals surface area contributed by atoms with Gasteiger partial charge in [-0.1, -0.05) is 50.2 Å². The Morgan fingerprint density at radius 2 is 1.67 bits per heavy atom. The van der Waals surface area contributed by atoms with Gasteiger partial charge in [0.1, 0.15) is 6.10 Å². The summed E-state index contributed by atoms with van der Waals surface area (Å²) >= 11 is 0. The fourth-order valence-electron chi connectivity index (χ4n) is 3.76. The molecule has 0 heterocycles. The number of rotatable bonds is 6. The summed E-state index contributed by atoms with van der Waals surface area (Å²) in [5.41, 5.74) is 0.862. The molecule has 0 bridgehead atoms. The Morgan fingerprint density at radius 1 is 1.04 bits per heavy atom. The van der Waals surface area contributed by atoms with Crippen LogP contribution in [0.2, 0.25) is 0 Å². The summed E-state index contributed by atoms with van der Waals surface area (Å²) in [6.45, 7) is 8.24. The average molecular weight is 369 g/mol. The minimum absolute atomic E-state index is 0.00851. The van der Waals surface area contributed by atoms with Gasteiger partial charge >= 0.3 is 5.97 Å². The SMILES string of the molecule is CCC(C)C(=O)OC1CCC(OC(C)(C)c2ccc3ccccc3c2)CC1. The van der Waals surface area contributed by atoms with E-state index in [4.69, 9.17) is 9.47 Å². The minimum Gasteiger partial charge on any atom is -0.462 e. The Balaban J connectivity index is 1.57. The van der Waals surface area contributed by atoms with Crippen LogP contribution in [0.3, 0.4) is 0 Å². The van der Waals surface area contributed by atoms with Crippen LogP contribution in [0.5, 0.6) is 0 Å². The van der Waals surface area contributed by atoms with Crippen LogP contribution >= 0.6 is 0 Å². The van der Waals surface area contributed by atoms with Gasteiger partial charge in [0.15, 0.2) is 0 Å². The summed E-state index contributed by atoms with van der Waals surface area (Å²) in [6, 6.07) is 15.0. The predicted molar refractivity (Wildman–Crippen MR) is 110 cm³/mol. The van der Waals surface area contributed by atoms with Crippen molar-refractivity contribution in [3.63, 3.8) is 0 Å². The maximum absolute atomic E-state index is 12.0. The van der Waals surface area contributed by atoms with Crippen molar-refractivity contribution >= 4 is 16.7 Å². The van der Waals surface area contributed by atoms with Crippen molar-refractivity contribution in [2.24, 2.45) is 5.92 Å². The normalized spacial score (nSPS) is 21.8. The van der Waals surface area contributed by atoms with Crippen LogP contribution in [0, 0.1) is 5.92 Å². The number of carbonyl (C=O) groups is 1. The standard InChI is InChI=1S/C24H32O3/c1-5-17(2)23(25)26-21-12-14-22(15-13-21)27-24(3,4)20-11-10-18-8-6-7-9-19(18)16-20/h6-11,16-17,21-22H,5,12-15H2,1-4H3. The van der Waals surface area contributed by atoms with Crippen LogP contribution in [0.25, 0.3) is 10.8 Å². The largest absolute Gasteiger partial charge is 0.462 e. The third-order valence-corrected chi connectivity index (χ3v) is 5.82. The first-order chi connectivity index (χ1) is 12.9. The average Bonchev–Trinajstić information content (AvgIpc) is 2.68. The summed E-state index contributed by atoms with van der Waals surface area (Å²) < 4.78 is 12.2. The minimum atomic E-state index is -0.338. The first kappa shape index (κ1) is 19.9. The smallest absolute Gasteiger partial charge is 0.308 e. The van der Waals surface area contributed by atoms with Crippen LogP contribution in [0.4, 0.5) is 0 Å². The van der Waals surface area contributed by atoms with Crippen molar-refractivity contribution in [1.29, 1.82) is 0 Å². The highest BCUT2D eigenvalue weighted by Crippen LogP contribution is 2.33. The van der Waals surface area contributed by atoms with E-state index in [2.05, 4.69) is 56.3 Å². The first-order valence-electron chi connectivity index (χ1n) is 10.3. The van der Waals surface area contributed by atoms with E-state index in [0.717, 1.165) is 32.1 Å². The molecule has 1 fully saturated rings. The molecule has 0 radical (unpaired) electrons. The van der Waals surface area contributed by atoms with Gasteiger partial charge in [-0.3, -0.25) is 4.79 Å². The van der Waals surface area contributed by atoms with Gasteiger partial charge in [-0.05, 0) is 68.4 Å². The Morgan fingerprint density at radius 3 is 2.33 bits per heavy atom. The molecule has 0 saturated heterocycles. The highest BCUT2D eigenvalue weighted by atomic mass is 16.5. The summed E-state index contributed by atoms with van der Waals surface area (Å²) in [4.78, 5) is 12.0. The fraction of sp³-hybridized carbons (Fsp3) is 0.542. The Labute approximate surface area is 163 Å². The Hall–Kier alpha value is -1.87. The van der Waals surface area contributed by atoms with Gasteiger partial charge in [0, 0.05) is 0 Å².